The second-order valence-electron chi connectivity index (χ2n) is 6.24. The molecule has 0 spiro atoms. The van der Waals surface area contributed by atoms with Gasteiger partial charge in [-0.1, -0.05) is 0 Å². The summed E-state index contributed by atoms with van der Waals surface area (Å²) in [5.74, 6) is 0. The third kappa shape index (κ3) is 8.06. The summed E-state index contributed by atoms with van der Waals surface area (Å²) in [5, 5.41) is 2.49. The summed E-state index contributed by atoms with van der Waals surface area (Å²) in [4.78, 5) is 22.5. The number of aldehydes is 1. The second-order valence-corrected chi connectivity index (χ2v) is 6.24. The van der Waals surface area contributed by atoms with Crippen LogP contribution < -0.4 is 5.32 Å². The van der Waals surface area contributed by atoms with Gasteiger partial charge in [-0.2, -0.15) is 0 Å². The minimum atomic E-state index is -0.723. The molecule has 0 radical (unpaired) electrons. The van der Waals surface area contributed by atoms with Gasteiger partial charge >= 0.3 is 6.09 Å². The Morgan fingerprint density at radius 1 is 1.11 bits per heavy atom. The van der Waals surface area contributed by atoms with Crippen LogP contribution in [0.5, 0.6) is 0 Å². The van der Waals surface area contributed by atoms with Crippen molar-refractivity contribution >= 4 is 12.4 Å². The summed E-state index contributed by atoms with van der Waals surface area (Å²) in [5.41, 5.74) is -0.970. The lowest BCUT2D eigenvalue weighted by Gasteiger charge is -2.29. The largest absolute Gasteiger partial charge is 0.444 e. The molecule has 0 aromatic rings. The Bertz CT molecular complexity index is 288. The van der Waals surface area contributed by atoms with Gasteiger partial charge in [-0.15, -0.1) is 0 Å². The number of hydrogen-bond donors (Lipinski definition) is 1. The Morgan fingerprint density at radius 2 is 1.61 bits per heavy atom. The van der Waals surface area contributed by atoms with Crippen LogP contribution in [0.3, 0.4) is 0 Å². The van der Waals surface area contributed by atoms with Crippen LogP contribution >= 0.6 is 0 Å². The summed E-state index contributed by atoms with van der Waals surface area (Å²) in [6, 6.07) is -0.723. The fraction of sp³-hybridized carbons (Fsp3) is 0.846. The fourth-order valence-electron chi connectivity index (χ4n) is 1.34. The highest BCUT2D eigenvalue weighted by molar-refractivity contribution is 5.73. The number of ether oxygens (including phenoxy) is 2. The number of hydrogen-bond acceptors (Lipinski definition) is 4. The summed E-state index contributed by atoms with van der Waals surface area (Å²) < 4.78 is 10.7. The van der Waals surface area contributed by atoms with Gasteiger partial charge < -0.3 is 19.6 Å². The van der Waals surface area contributed by atoms with Crippen molar-refractivity contribution in [1.29, 1.82) is 0 Å². The number of carbonyl (C=O) groups excluding carboxylic acids is 2. The summed E-state index contributed by atoms with van der Waals surface area (Å²) >= 11 is 0. The molecule has 0 aromatic carbocycles. The monoisotopic (exact) mass is 259 g/mol. The average molecular weight is 259 g/mol. The second kappa shape index (κ2) is 6.18. The maximum absolute atomic E-state index is 11.6. The lowest BCUT2D eigenvalue weighted by atomic mass is 10.1. The highest BCUT2D eigenvalue weighted by Gasteiger charge is 2.26. The lowest BCUT2D eigenvalue weighted by Crippen LogP contribution is -2.48. The minimum Gasteiger partial charge on any atom is -0.444 e. The van der Waals surface area contributed by atoms with Crippen LogP contribution in [0, 0.1) is 0 Å². The van der Waals surface area contributed by atoms with Crippen LogP contribution in [0.1, 0.15) is 48.5 Å². The maximum atomic E-state index is 11.6. The molecule has 0 aliphatic carbocycles. The van der Waals surface area contributed by atoms with E-state index in [1.165, 1.54) is 0 Å². The molecule has 0 aliphatic heterocycles. The summed E-state index contributed by atoms with van der Waals surface area (Å²) in [6.45, 7) is 12.7. The topological polar surface area (TPSA) is 64.6 Å². The van der Waals surface area contributed by atoms with E-state index in [2.05, 4.69) is 5.32 Å². The van der Waals surface area contributed by atoms with Gasteiger partial charge in [-0.05, 0) is 48.5 Å². The van der Waals surface area contributed by atoms with Crippen molar-refractivity contribution in [2.24, 2.45) is 0 Å². The zero-order valence-corrected chi connectivity index (χ0v) is 12.4. The average Bonchev–Trinajstić information content (AvgIpc) is 2.07. The van der Waals surface area contributed by atoms with Gasteiger partial charge in [0, 0.05) is 0 Å². The highest BCUT2D eigenvalue weighted by atomic mass is 16.6. The van der Waals surface area contributed by atoms with Gasteiger partial charge in [0.1, 0.15) is 17.9 Å². The Balaban J connectivity index is 4.43. The first-order chi connectivity index (χ1) is 7.94. The van der Waals surface area contributed by atoms with Crippen LogP contribution in [-0.4, -0.2) is 35.7 Å². The van der Waals surface area contributed by atoms with E-state index in [0.717, 1.165) is 0 Å². The summed E-state index contributed by atoms with van der Waals surface area (Å²) in [7, 11) is 0. The maximum Gasteiger partial charge on any atom is 0.408 e. The van der Waals surface area contributed by atoms with Gasteiger partial charge in [-0.25, -0.2) is 4.79 Å². The number of alkyl carbamates (subject to hydrolysis) is 1. The van der Waals surface area contributed by atoms with E-state index in [1.807, 2.05) is 20.8 Å². The number of carbonyl (C=O) groups is 2. The van der Waals surface area contributed by atoms with Crippen molar-refractivity contribution in [3.05, 3.63) is 0 Å². The first-order valence-electron chi connectivity index (χ1n) is 6.07. The van der Waals surface area contributed by atoms with Crippen molar-refractivity contribution < 1.29 is 19.1 Å². The predicted molar refractivity (Wildman–Crippen MR) is 69.5 cm³/mol. The van der Waals surface area contributed by atoms with Crippen molar-refractivity contribution in [1.82, 2.24) is 5.32 Å². The molecule has 5 heteroatoms. The molecule has 106 valence electrons. The highest BCUT2D eigenvalue weighted by Crippen LogP contribution is 2.13. The van der Waals surface area contributed by atoms with Crippen LogP contribution in [-0.2, 0) is 14.3 Å². The van der Waals surface area contributed by atoms with Crippen LogP contribution in [0.25, 0.3) is 0 Å². The first kappa shape index (κ1) is 16.9. The molecule has 1 N–H and O–H groups in total. The molecule has 0 bridgehead atoms. The molecule has 0 aromatic heterocycles. The van der Waals surface area contributed by atoms with Gasteiger partial charge in [0.25, 0.3) is 0 Å². The molecule has 0 unspecified atom stereocenters. The van der Waals surface area contributed by atoms with Gasteiger partial charge in [0.15, 0.2) is 0 Å². The molecule has 5 nitrogen and oxygen atoms in total. The molecular weight excluding hydrogens is 234 g/mol. The zero-order valence-electron chi connectivity index (χ0n) is 12.4. The normalized spacial score (nSPS) is 15.7. The molecule has 0 rings (SSSR count). The minimum absolute atomic E-state index is 0.379. The molecule has 0 fully saturated rings. The van der Waals surface area contributed by atoms with Crippen LogP contribution in [0.2, 0.25) is 0 Å². The van der Waals surface area contributed by atoms with Gasteiger partial charge in [0.2, 0.25) is 0 Å². The lowest BCUT2D eigenvalue weighted by molar-refractivity contribution is -0.117. The van der Waals surface area contributed by atoms with Crippen LogP contribution in [0.4, 0.5) is 4.79 Å². The first-order valence-corrected chi connectivity index (χ1v) is 6.07. The quantitative estimate of drug-likeness (QED) is 0.787. The number of nitrogens with one attached hydrogen (secondary N) is 1. The van der Waals surface area contributed by atoms with E-state index in [9.17, 15) is 9.59 Å². The molecule has 0 saturated carbocycles. The third-order valence-corrected chi connectivity index (χ3v) is 1.88. The van der Waals surface area contributed by atoms with E-state index < -0.39 is 23.8 Å². The Morgan fingerprint density at radius 3 is 1.94 bits per heavy atom. The van der Waals surface area contributed by atoms with Crippen molar-refractivity contribution in [2.45, 2.75) is 71.8 Å². The molecule has 0 aliphatic rings. The molecule has 0 saturated heterocycles. The standard InChI is InChI=1S/C13H25NO4/c1-9(17-12(2,3)4)10(8-15)14-11(16)18-13(5,6)7/h8-10H,1-7H3,(H,14,16)/t9-,10-/m1/s1. The van der Waals surface area contributed by atoms with Crippen molar-refractivity contribution in [3.8, 4) is 0 Å². The van der Waals surface area contributed by atoms with Crippen molar-refractivity contribution in [2.75, 3.05) is 0 Å². The SMILES string of the molecule is C[C@@H](OC(C)(C)C)[C@@H](C=O)NC(=O)OC(C)(C)C. The van der Waals surface area contributed by atoms with E-state index in [-0.39, 0.29) is 5.60 Å². The molecule has 0 heterocycles. The van der Waals surface area contributed by atoms with Gasteiger partial charge in [-0.3, -0.25) is 0 Å². The van der Waals surface area contributed by atoms with Crippen LogP contribution in [0.15, 0.2) is 0 Å². The summed E-state index contributed by atoms with van der Waals surface area (Å²) in [6.07, 6.45) is -0.390. The van der Waals surface area contributed by atoms with Crippen molar-refractivity contribution in [3.63, 3.8) is 0 Å². The van der Waals surface area contributed by atoms with E-state index in [4.69, 9.17) is 9.47 Å². The van der Waals surface area contributed by atoms with E-state index in [0.29, 0.717) is 6.29 Å². The Hall–Kier alpha value is -1.10. The zero-order chi connectivity index (χ0) is 14.6. The van der Waals surface area contributed by atoms with E-state index >= 15 is 0 Å². The Labute approximate surface area is 109 Å². The molecular formula is C13H25NO4. The van der Waals surface area contributed by atoms with E-state index in [1.54, 1.807) is 27.7 Å². The Kier molecular flexibility index (Phi) is 5.80. The molecule has 18 heavy (non-hydrogen) atoms. The third-order valence-electron chi connectivity index (χ3n) is 1.88. The van der Waals surface area contributed by atoms with Gasteiger partial charge in [0.05, 0.1) is 11.7 Å². The number of amides is 1. The predicted octanol–water partition coefficient (Wildman–Crippen LogP) is 2.28. The molecule has 2 atom stereocenters. The smallest absolute Gasteiger partial charge is 0.408 e. The molecule has 1 amide bonds. The fourth-order valence-corrected chi connectivity index (χ4v) is 1.34. The number of rotatable bonds is 4.